The van der Waals surface area contributed by atoms with Gasteiger partial charge in [-0.3, -0.25) is 14.4 Å². The standard InChI is InChI=1S/C24H24FN5O3S/c1-15-4-2-5-16(12-15)13-26-20(31)17-6-3-11-30(14-17)24(33)23-29-28-22(34-23)21(32)27-19-9-7-18(25)8-10-19/h2,4-5,7-10,12,17H,3,6,11,13-14H2,1H3,(H,26,31)(H,27,32)/t17-/m0/s1. The lowest BCUT2D eigenvalue weighted by atomic mass is 9.97. The van der Waals surface area contributed by atoms with E-state index in [0.717, 1.165) is 22.5 Å². The van der Waals surface area contributed by atoms with Gasteiger partial charge in [0, 0.05) is 25.3 Å². The Kier molecular flexibility index (Phi) is 7.27. The Morgan fingerprint density at radius 1 is 1.12 bits per heavy atom. The molecule has 1 aromatic heterocycles. The Morgan fingerprint density at radius 3 is 2.65 bits per heavy atom. The van der Waals surface area contributed by atoms with Crippen molar-refractivity contribution >= 4 is 34.7 Å². The van der Waals surface area contributed by atoms with Crippen molar-refractivity contribution in [3.63, 3.8) is 0 Å². The average Bonchev–Trinajstić information content (AvgIpc) is 3.34. The number of carbonyl (C=O) groups is 3. The number of hydrogen-bond acceptors (Lipinski definition) is 6. The summed E-state index contributed by atoms with van der Waals surface area (Å²) in [6.07, 6.45) is 1.40. The number of amides is 3. The van der Waals surface area contributed by atoms with Gasteiger partial charge in [0.05, 0.1) is 5.92 Å². The van der Waals surface area contributed by atoms with Crippen LogP contribution >= 0.6 is 11.3 Å². The molecular weight excluding hydrogens is 457 g/mol. The van der Waals surface area contributed by atoms with Crippen LogP contribution in [0, 0.1) is 18.7 Å². The van der Waals surface area contributed by atoms with Gasteiger partial charge >= 0.3 is 0 Å². The first-order chi connectivity index (χ1) is 16.4. The van der Waals surface area contributed by atoms with Crippen LogP contribution in [0.3, 0.4) is 0 Å². The number of carbonyl (C=O) groups excluding carboxylic acids is 3. The third-order valence-electron chi connectivity index (χ3n) is 5.53. The molecule has 4 rings (SSSR count). The smallest absolute Gasteiger partial charge is 0.286 e. The average molecular weight is 482 g/mol. The minimum Gasteiger partial charge on any atom is -0.352 e. The summed E-state index contributed by atoms with van der Waals surface area (Å²) in [6, 6.07) is 13.3. The first-order valence-electron chi connectivity index (χ1n) is 10.9. The number of nitrogens with one attached hydrogen (secondary N) is 2. The molecule has 2 aromatic carbocycles. The summed E-state index contributed by atoms with van der Waals surface area (Å²) in [7, 11) is 0. The molecule has 10 heteroatoms. The van der Waals surface area contributed by atoms with Gasteiger partial charge in [-0.1, -0.05) is 41.2 Å². The van der Waals surface area contributed by atoms with Crippen LogP contribution in [-0.4, -0.2) is 45.9 Å². The number of aryl methyl sites for hydroxylation is 1. The fourth-order valence-corrected chi connectivity index (χ4v) is 4.49. The van der Waals surface area contributed by atoms with Gasteiger partial charge in [-0.25, -0.2) is 4.39 Å². The van der Waals surface area contributed by atoms with Crippen molar-refractivity contribution in [2.45, 2.75) is 26.3 Å². The van der Waals surface area contributed by atoms with Crippen molar-refractivity contribution in [2.24, 2.45) is 5.92 Å². The zero-order chi connectivity index (χ0) is 24.1. The molecule has 1 atom stereocenters. The van der Waals surface area contributed by atoms with E-state index in [1.54, 1.807) is 4.90 Å². The van der Waals surface area contributed by atoms with Crippen molar-refractivity contribution in [1.82, 2.24) is 20.4 Å². The molecule has 0 radical (unpaired) electrons. The topological polar surface area (TPSA) is 104 Å². The molecule has 0 bridgehead atoms. The number of halogens is 1. The molecule has 176 valence electrons. The zero-order valence-electron chi connectivity index (χ0n) is 18.6. The number of likely N-dealkylation sites (tertiary alicyclic amines) is 1. The molecule has 8 nitrogen and oxygen atoms in total. The van der Waals surface area contributed by atoms with Crippen LogP contribution in [0.2, 0.25) is 0 Å². The van der Waals surface area contributed by atoms with Crippen LogP contribution in [-0.2, 0) is 11.3 Å². The summed E-state index contributed by atoms with van der Waals surface area (Å²) in [4.78, 5) is 39.6. The maximum absolute atomic E-state index is 13.0. The van der Waals surface area contributed by atoms with E-state index >= 15 is 0 Å². The SMILES string of the molecule is Cc1cccc(CNC(=O)[C@H]2CCCN(C(=O)c3nnc(C(=O)Nc4ccc(F)cc4)s3)C2)c1. The molecule has 34 heavy (non-hydrogen) atoms. The molecule has 1 aliphatic heterocycles. The van der Waals surface area contributed by atoms with Gasteiger partial charge in [0.25, 0.3) is 11.8 Å². The molecular formula is C24H24FN5O3S. The van der Waals surface area contributed by atoms with E-state index < -0.39 is 11.7 Å². The molecule has 0 unspecified atom stereocenters. The van der Waals surface area contributed by atoms with Gasteiger partial charge < -0.3 is 15.5 Å². The van der Waals surface area contributed by atoms with E-state index in [1.165, 1.54) is 24.3 Å². The molecule has 1 saturated heterocycles. The van der Waals surface area contributed by atoms with Crippen molar-refractivity contribution in [3.8, 4) is 0 Å². The van der Waals surface area contributed by atoms with Crippen LogP contribution in [0.4, 0.5) is 10.1 Å². The Morgan fingerprint density at radius 2 is 1.88 bits per heavy atom. The van der Waals surface area contributed by atoms with Gasteiger partial charge in [0.2, 0.25) is 15.9 Å². The zero-order valence-corrected chi connectivity index (χ0v) is 19.4. The highest BCUT2D eigenvalue weighted by Gasteiger charge is 2.30. The van der Waals surface area contributed by atoms with Crippen LogP contribution in [0.25, 0.3) is 0 Å². The third-order valence-corrected chi connectivity index (χ3v) is 6.44. The van der Waals surface area contributed by atoms with Gasteiger partial charge in [0.1, 0.15) is 5.82 Å². The summed E-state index contributed by atoms with van der Waals surface area (Å²) in [5.74, 6) is -1.69. The van der Waals surface area contributed by atoms with Gasteiger partial charge in [-0.2, -0.15) is 0 Å². The highest BCUT2D eigenvalue weighted by Crippen LogP contribution is 2.21. The number of piperidine rings is 1. The van der Waals surface area contributed by atoms with Crippen molar-refractivity contribution in [2.75, 3.05) is 18.4 Å². The first kappa shape index (κ1) is 23.5. The fraction of sp³-hybridized carbons (Fsp3) is 0.292. The maximum atomic E-state index is 13.0. The number of aromatic nitrogens is 2. The summed E-state index contributed by atoms with van der Waals surface area (Å²) in [5, 5.41) is 13.4. The van der Waals surface area contributed by atoms with Gasteiger partial charge in [-0.05, 0) is 49.6 Å². The molecule has 3 aromatic rings. The number of hydrogen-bond donors (Lipinski definition) is 2. The normalized spacial score (nSPS) is 15.6. The fourth-order valence-electron chi connectivity index (χ4n) is 3.79. The lowest BCUT2D eigenvalue weighted by Crippen LogP contribution is -2.45. The summed E-state index contributed by atoms with van der Waals surface area (Å²) in [5.41, 5.74) is 2.56. The number of rotatable bonds is 6. The molecule has 2 N–H and O–H groups in total. The molecule has 2 heterocycles. The largest absolute Gasteiger partial charge is 0.352 e. The lowest BCUT2D eigenvalue weighted by molar-refractivity contribution is -0.126. The molecule has 0 aliphatic carbocycles. The quantitative estimate of drug-likeness (QED) is 0.562. The molecule has 3 amide bonds. The highest BCUT2D eigenvalue weighted by atomic mass is 32.1. The second kappa shape index (κ2) is 10.5. The first-order valence-corrected chi connectivity index (χ1v) is 11.7. The Bertz CT molecular complexity index is 1200. The minimum absolute atomic E-state index is 0.0251. The van der Waals surface area contributed by atoms with Crippen molar-refractivity contribution < 1.29 is 18.8 Å². The van der Waals surface area contributed by atoms with Crippen LogP contribution < -0.4 is 10.6 Å². The molecule has 0 saturated carbocycles. The van der Waals surface area contributed by atoms with E-state index in [2.05, 4.69) is 20.8 Å². The minimum atomic E-state index is -0.532. The van der Waals surface area contributed by atoms with Gasteiger partial charge in [0.15, 0.2) is 0 Å². The van der Waals surface area contributed by atoms with Crippen molar-refractivity contribution in [1.29, 1.82) is 0 Å². The third kappa shape index (κ3) is 5.82. The van der Waals surface area contributed by atoms with E-state index in [1.807, 2.05) is 31.2 Å². The monoisotopic (exact) mass is 481 g/mol. The summed E-state index contributed by atoms with van der Waals surface area (Å²) < 4.78 is 13.0. The second-order valence-corrected chi connectivity index (χ2v) is 9.15. The van der Waals surface area contributed by atoms with Gasteiger partial charge in [-0.15, -0.1) is 10.2 Å². The summed E-state index contributed by atoms with van der Waals surface area (Å²) >= 11 is 0.884. The Balaban J connectivity index is 1.33. The molecule has 0 spiro atoms. The predicted octanol–water partition coefficient (Wildman–Crippen LogP) is 3.41. The van der Waals surface area contributed by atoms with E-state index in [9.17, 15) is 18.8 Å². The number of anilines is 1. The predicted molar refractivity (Wildman–Crippen MR) is 126 cm³/mol. The van der Waals surface area contributed by atoms with E-state index in [4.69, 9.17) is 0 Å². The van der Waals surface area contributed by atoms with Crippen LogP contribution in [0.5, 0.6) is 0 Å². The Hall–Kier alpha value is -3.66. The number of benzene rings is 2. The molecule has 1 fully saturated rings. The van der Waals surface area contributed by atoms with Crippen LogP contribution in [0.15, 0.2) is 48.5 Å². The summed E-state index contributed by atoms with van der Waals surface area (Å²) in [6.45, 7) is 3.24. The van der Waals surface area contributed by atoms with E-state index in [-0.39, 0.29) is 34.3 Å². The Labute approximate surface area is 200 Å². The highest BCUT2D eigenvalue weighted by molar-refractivity contribution is 7.15. The molecule has 1 aliphatic rings. The van der Waals surface area contributed by atoms with Crippen LogP contribution in [0.1, 0.15) is 43.6 Å². The van der Waals surface area contributed by atoms with Crippen molar-refractivity contribution in [3.05, 3.63) is 75.5 Å². The maximum Gasteiger partial charge on any atom is 0.286 e. The second-order valence-electron chi connectivity index (χ2n) is 8.17. The lowest BCUT2D eigenvalue weighted by Gasteiger charge is -2.31. The number of nitrogens with zero attached hydrogens (tertiary/aromatic N) is 3. The van der Waals surface area contributed by atoms with E-state index in [0.29, 0.717) is 31.6 Å².